The van der Waals surface area contributed by atoms with Crippen LogP contribution in [0.4, 0.5) is 5.69 Å². The minimum absolute atomic E-state index is 0.159. The van der Waals surface area contributed by atoms with Gasteiger partial charge >= 0.3 is 0 Å². The number of hydrogen-bond donors (Lipinski definition) is 1. The largest absolute Gasteiger partial charge is 0.497 e. The summed E-state index contributed by atoms with van der Waals surface area (Å²) in [6, 6.07) is 12.9. The van der Waals surface area contributed by atoms with E-state index < -0.39 is 0 Å². The van der Waals surface area contributed by atoms with E-state index in [4.69, 9.17) is 4.74 Å². The number of benzene rings is 2. The number of methoxy groups -OCH3 is 1. The molecule has 0 bridgehead atoms. The topological polar surface area (TPSA) is 91.0 Å². The molecule has 0 aliphatic carbocycles. The number of nitrogens with one attached hydrogen (secondary N) is 1. The molecule has 0 fully saturated rings. The maximum Gasteiger partial charge on any atom is 0.264 e. The summed E-state index contributed by atoms with van der Waals surface area (Å²) in [5, 5.41) is 7.44. The van der Waals surface area contributed by atoms with Crippen molar-refractivity contribution >= 4 is 22.6 Å². The number of hydrogen-bond acceptors (Lipinski definition) is 5. The van der Waals surface area contributed by atoms with E-state index in [1.165, 1.54) is 22.7 Å². The number of fused-ring (bicyclic) bond motifs is 1. The second-order valence-electron chi connectivity index (χ2n) is 7.02. The molecule has 30 heavy (non-hydrogen) atoms. The van der Waals surface area contributed by atoms with Gasteiger partial charge in [-0.2, -0.15) is 5.10 Å². The lowest BCUT2D eigenvalue weighted by molar-refractivity contribution is -0.116. The zero-order valence-corrected chi connectivity index (χ0v) is 16.9. The molecule has 0 spiro atoms. The molecular weight excluding hydrogens is 382 g/mol. The number of nitrogens with zero attached hydrogens (tertiary/aromatic N) is 4. The van der Waals surface area contributed by atoms with Crippen LogP contribution in [0.2, 0.25) is 0 Å². The molecule has 0 aliphatic rings. The Morgan fingerprint density at radius 1 is 1.13 bits per heavy atom. The minimum atomic E-state index is -0.340. The smallest absolute Gasteiger partial charge is 0.264 e. The highest BCUT2D eigenvalue weighted by atomic mass is 16.5. The molecule has 0 aliphatic heterocycles. The van der Waals surface area contributed by atoms with Gasteiger partial charge in [-0.05, 0) is 49.2 Å². The van der Waals surface area contributed by atoms with Crippen LogP contribution in [0.15, 0.2) is 59.8 Å². The van der Waals surface area contributed by atoms with Gasteiger partial charge in [0.15, 0.2) is 5.65 Å². The number of aryl methyl sites for hydroxylation is 2. The molecule has 4 aromatic rings. The molecule has 8 nitrogen and oxygen atoms in total. The van der Waals surface area contributed by atoms with Crippen molar-refractivity contribution in [2.24, 2.45) is 0 Å². The van der Waals surface area contributed by atoms with Crippen molar-refractivity contribution in [1.82, 2.24) is 19.3 Å². The minimum Gasteiger partial charge on any atom is -0.497 e. The van der Waals surface area contributed by atoms with Crippen LogP contribution < -0.4 is 15.6 Å². The highest BCUT2D eigenvalue weighted by Gasteiger charge is 2.14. The number of aromatic nitrogens is 4. The molecular formula is C22H21N5O3. The molecule has 0 saturated heterocycles. The molecule has 0 atom stereocenters. The molecule has 8 heteroatoms. The molecule has 4 rings (SSSR count). The fourth-order valence-electron chi connectivity index (χ4n) is 3.16. The van der Waals surface area contributed by atoms with Crippen LogP contribution in [0.25, 0.3) is 16.7 Å². The summed E-state index contributed by atoms with van der Waals surface area (Å²) >= 11 is 0. The Hall–Kier alpha value is -3.94. The standard InChI is InChI=1S/C22H21N5O3/c1-14-7-8-17(9-15(14)2)27-21-19(11-24-27)22(29)26(13-23-21)12-20(28)25-16-5-4-6-18(10-16)30-3/h4-11,13H,12H2,1-3H3,(H,25,28). The van der Waals surface area contributed by atoms with E-state index in [2.05, 4.69) is 15.4 Å². The number of carbonyl (C=O) groups is 1. The zero-order valence-electron chi connectivity index (χ0n) is 16.9. The summed E-state index contributed by atoms with van der Waals surface area (Å²) < 4.78 is 8.05. The van der Waals surface area contributed by atoms with E-state index in [1.54, 1.807) is 36.1 Å². The summed E-state index contributed by atoms with van der Waals surface area (Å²) in [4.78, 5) is 29.6. The summed E-state index contributed by atoms with van der Waals surface area (Å²) in [5.41, 5.74) is 3.84. The summed E-state index contributed by atoms with van der Waals surface area (Å²) in [5.74, 6) is 0.292. The van der Waals surface area contributed by atoms with E-state index in [0.29, 0.717) is 22.5 Å². The highest BCUT2D eigenvalue weighted by Crippen LogP contribution is 2.18. The van der Waals surface area contributed by atoms with E-state index in [0.717, 1.165) is 11.3 Å². The molecule has 2 aromatic carbocycles. The Morgan fingerprint density at radius 3 is 2.73 bits per heavy atom. The highest BCUT2D eigenvalue weighted by molar-refractivity contribution is 5.91. The number of anilines is 1. The Labute approximate surface area is 172 Å². The maximum absolute atomic E-state index is 12.9. The molecule has 1 amide bonds. The van der Waals surface area contributed by atoms with Gasteiger partial charge in [0.1, 0.15) is 24.0 Å². The number of ether oxygens (including phenoxy) is 1. The normalized spacial score (nSPS) is 10.9. The van der Waals surface area contributed by atoms with Crippen molar-refractivity contribution in [1.29, 1.82) is 0 Å². The first-order valence-corrected chi connectivity index (χ1v) is 9.41. The maximum atomic E-state index is 12.9. The second kappa shape index (κ2) is 7.82. The van der Waals surface area contributed by atoms with E-state index in [1.807, 2.05) is 32.0 Å². The lowest BCUT2D eigenvalue weighted by Gasteiger charge is -2.09. The van der Waals surface area contributed by atoms with E-state index >= 15 is 0 Å². The predicted molar refractivity (Wildman–Crippen MR) is 114 cm³/mol. The predicted octanol–water partition coefficient (Wildman–Crippen LogP) is 2.85. The van der Waals surface area contributed by atoms with Crippen molar-refractivity contribution in [2.45, 2.75) is 20.4 Å². The van der Waals surface area contributed by atoms with Gasteiger partial charge in [-0.25, -0.2) is 9.67 Å². The first-order valence-electron chi connectivity index (χ1n) is 9.41. The molecule has 2 aromatic heterocycles. The number of rotatable bonds is 5. The van der Waals surface area contributed by atoms with Crippen molar-refractivity contribution < 1.29 is 9.53 Å². The Balaban J connectivity index is 1.60. The average Bonchev–Trinajstić information content (AvgIpc) is 3.17. The third-order valence-electron chi connectivity index (χ3n) is 4.96. The molecule has 1 N–H and O–H groups in total. The fourth-order valence-corrected chi connectivity index (χ4v) is 3.16. The van der Waals surface area contributed by atoms with Crippen LogP contribution in [0.3, 0.4) is 0 Å². The quantitative estimate of drug-likeness (QED) is 0.553. The van der Waals surface area contributed by atoms with Crippen molar-refractivity contribution in [3.8, 4) is 11.4 Å². The average molecular weight is 403 g/mol. The third-order valence-corrected chi connectivity index (χ3v) is 4.96. The van der Waals surface area contributed by atoms with E-state index in [9.17, 15) is 9.59 Å². The van der Waals surface area contributed by atoms with Gasteiger partial charge in [0, 0.05) is 11.8 Å². The van der Waals surface area contributed by atoms with E-state index in [-0.39, 0.29) is 18.0 Å². The Bertz CT molecular complexity index is 1310. The number of carbonyl (C=O) groups excluding carboxylic acids is 1. The first-order chi connectivity index (χ1) is 14.5. The van der Waals surface area contributed by atoms with Crippen LogP contribution in [0.1, 0.15) is 11.1 Å². The monoisotopic (exact) mass is 403 g/mol. The van der Waals surface area contributed by atoms with Gasteiger partial charge < -0.3 is 10.1 Å². The summed E-state index contributed by atoms with van der Waals surface area (Å²) in [7, 11) is 1.56. The van der Waals surface area contributed by atoms with Crippen LogP contribution in [0.5, 0.6) is 5.75 Å². The third kappa shape index (κ3) is 3.67. The molecule has 0 unspecified atom stereocenters. The van der Waals surface area contributed by atoms with Crippen LogP contribution in [-0.4, -0.2) is 32.3 Å². The fraction of sp³-hybridized carbons (Fsp3) is 0.182. The Morgan fingerprint density at radius 2 is 1.97 bits per heavy atom. The molecule has 0 saturated carbocycles. The SMILES string of the molecule is COc1cccc(NC(=O)Cn2cnc3c(cnn3-c3ccc(C)c(C)c3)c2=O)c1. The van der Waals surface area contributed by atoms with Crippen LogP contribution in [-0.2, 0) is 11.3 Å². The lowest BCUT2D eigenvalue weighted by atomic mass is 10.1. The van der Waals surface area contributed by atoms with Gasteiger partial charge in [0.25, 0.3) is 5.56 Å². The van der Waals surface area contributed by atoms with Gasteiger partial charge in [-0.15, -0.1) is 0 Å². The van der Waals surface area contributed by atoms with Gasteiger partial charge in [-0.3, -0.25) is 14.2 Å². The summed E-state index contributed by atoms with van der Waals surface area (Å²) in [6.07, 6.45) is 2.85. The van der Waals surface area contributed by atoms with Gasteiger partial charge in [0.05, 0.1) is 19.0 Å². The molecule has 152 valence electrons. The summed E-state index contributed by atoms with van der Waals surface area (Å²) in [6.45, 7) is 3.90. The van der Waals surface area contributed by atoms with Gasteiger partial charge in [0.2, 0.25) is 5.91 Å². The van der Waals surface area contributed by atoms with Gasteiger partial charge in [-0.1, -0.05) is 12.1 Å². The zero-order chi connectivity index (χ0) is 21.3. The lowest BCUT2D eigenvalue weighted by Crippen LogP contribution is -2.27. The molecule has 0 radical (unpaired) electrons. The van der Waals surface area contributed by atoms with Crippen molar-refractivity contribution in [3.63, 3.8) is 0 Å². The first kappa shape index (κ1) is 19.4. The van der Waals surface area contributed by atoms with Crippen molar-refractivity contribution in [2.75, 3.05) is 12.4 Å². The number of amides is 1. The van der Waals surface area contributed by atoms with Crippen LogP contribution in [0, 0.1) is 13.8 Å². The molecule has 2 heterocycles. The van der Waals surface area contributed by atoms with Crippen molar-refractivity contribution in [3.05, 3.63) is 76.5 Å². The second-order valence-corrected chi connectivity index (χ2v) is 7.02. The Kier molecular flexibility index (Phi) is 5.05. The van der Waals surface area contributed by atoms with Crippen LogP contribution >= 0.6 is 0 Å².